The number of aromatic nitrogens is 4. The van der Waals surface area contributed by atoms with Crippen LogP contribution in [0.3, 0.4) is 0 Å². The van der Waals surface area contributed by atoms with Crippen LogP contribution in [0.25, 0.3) is 10.9 Å². The number of piperidine rings is 1. The first-order valence-corrected chi connectivity index (χ1v) is 9.70. The van der Waals surface area contributed by atoms with Crippen molar-refractivity contribution in [3.8, 4) is 0 Å². The second-order valence-electron chi connectivity index (χ2n) is 7.62. The third-order valence-corrected chi connectivity index (χ3v) is 5.73. The Hall–Kier alpha value is -2.96. The summed E-state index contributed by atoms with van der Waals surface area (Å²) in [6, 6.07) is 9.30. The minimum Gasteiger partial charge on any atom is -0.337 e. The molecule has 0 saturated carbocycles. The van der Waals surface area contributed by atoms with Crippen molar-refractivity contribution in [1.82, 2.24) is 24.2 Å². The van der Waals surface area contributed by atoms with Crippen LogP contribution < -0.4 is 5.56 Å². The Kier molecular flexibility index (Phi) is 4.75. The quantitative estimate of drug-likeness (QED) is 0.700. The Bertz CT molecular complexity index is 1070. The summed E-state index contributed by atoms with van der Waals surface area (Å²) in [7, 11) is 1.84. The Labute approximate surface area is 163 Å². The molecule has 0 bridgehead atoms. The van der Waals surface area contributed by atoms with Gasteiger partial charge >= 0.3 is 0 Å². The van der Waals surface area contributed by atoms with Crippen molar-refractivity contribution < 1.29 is 4.79 Å². The highest BCUT2D eigenvalue weighted by molar-refractivity contribution is 5.92. The number of rotatable bonds is 3. The zero-order chi connectivity index (χ0) is 19.8. The molecule has 0 atom stereocenters. The van der Waals surface area contributed by atoms with Crippen molar-refractivity contribution in [1.29, 1.82) is 0 Å². The minimum absolute atomic E-state index is 0.0112. The predicted molar refractivity (Wildman–Crippen MR) is 107 cm³/mol. The third kappa shape index (κ3) is 3.32. The number of hydrogen-bond acceptors (Lipinski definition) is 4. The molecule has 0 N–H and O–H groups in total. The van der Waals surface area contributed by atoms with E-state index in [0.717, 1.165) is 29.9 Å². The normalized spacial score (nSPS) is 15.3. The van der Waals surface area contributed by atoms with Gasteiger partial charge in [-0.15, -0.1) is 0 Å². The molecule has 1 saturated heterocycles. The van der Waals surface area contributed by atoms with E-state index < -0.39 is 0 Å². The molecule has 4 rings (SSSR count). The number of carbonyl (C=O) groups is 1. The SMILES string of the molecule is Cc1cc(C(=O)N2CCC(Cn3c(C)nc4ccccc4c3=O)CC2)nn1C. The third-order valence-electron chi connectivity index (χ3n) is 5.73. The van der Waals surface area contributed by atoms with Crippen LogP contribution in [-0.4, -0.2) is 43.2 Å². The number of para-hydroxylation sites is 1. The molecule has 7 heteroatoms. The zero-order valence-corrected chi connectivity index (χ0v) is 16.6. The van der Waals surface area contributed by atoms with E-state index in [1.165, 1.54) is 0 Å². The van der Waals surface area contributed by atoms with Gasteiger partial charge in [-0.25, -0.2) is 4.98 Å². The summed E-state index contributed by atoms with van der Waals surface area (Å²) >= 11 is 0. The van der Waals surface area contributed by atoms with Crippen molar-refractivity contribution >= 4 is 16.8 Å². The number of amides is 1. The highest BCUT2D eigenvalue weighted by atomic mass is 16.2. The maximum Gasteiger partial charge on any atom is 0.274 e. The fourth-order valence-electron chi connectivity index (χ4n) is 3.90. The van der Waals surface area contributed by atoms with Gasteiger partial charge < -0.3 is 4.90 Å². The number of likely N-dealkylation sites (tertiary alicyclic amines) is 1. The Morgan fingerprint density at radius 3 is 2.57 bits per heavy atom. The molecule has 1 amide bonds. The van der Waals surface area contributed by atoms with Gasteiger partial charge in [0, 0.05) is 32.4 Å². The maximum absolute atomic E-state index is 12.9. The molecular formula is C21H25N5O2. The summed E-state index contributed by atoms with van der Waals surface area (Å²) in [5.74, 6) is 1.09. The number of carbonyl (C=O) groups excluding carboxylic acids is 1. The lowest BCUT2D eigenvalue weighted by Gasteiger charge is -2.32. The summed E-state index contributed by atoms with van der Waals surface area (Å²) in [5.41, 5.74) is 2.24. The van der Waals surface area contributed by atoms with E-state index in [2.05, 4.69) is 10.1 Å². The molecular weight excluding hydrogens is 354 g/mol. The van der Waals surface area contributed by atoms with Gasteiger partial charge in [-0.05, 0) is 50.8 Å². The summed E-state index contributed by atoms with van der Waals surface area (Å²) in [6.07, 6.45) is 1.74. The number of nitrogens with zero attached hydrogens (tertiary/aromatic N) is 5. The van der Waals surface area contributed by atoms with Crippen LogP contribution in [0.4, 0.5) is 0 Å². The Balaban J connectivity index is 1.46. The van der Waals surface area contributed by atoms with Crippen LogP contribution in [0.15, 0.2) is 35.1 Å². The smallest absolute Gasteiger partial charge is 0.274 e. The average molecular weight is 379 g/mol. The average Bonchev–Trinajstić information content (AvgIpc) is 3.03. The largest absolute Gasteiger partial charge is 0.337 e. The van der Waals surface area contributed by atoms with Crippen molar-refractivity contribution in [2.45, 2.75) is 33.2 Å². The molecule has 0 spiro atoms. The van der Waals surface area contributed by atoms with Gasteiger partial charge in [0.2, 0.25) is 0 Å². The number of benzene rings is 1. The van der Waals surface area contributed by atoms with Gasteiger partial charge in [-0.1, -0.05) is 12.1 Å². The van der Waals surface area contributed by atoms with Crippen molar-refractivity contribution in [2.24, 2.45) is 13.0 Å². The second kappa shape index (κ2) is 7.22. The van der Waals surface area contributed by atoms with E-state index in [0.29, 0.717) is 36.6 Å². The Morgan fingerprint density at radius 2 is 1.89 bits per heavy atom. The van der Waals surface area contributed by atoms with Crippen LogP contribution in [0, 0.1) is 19.8 Å². The van der Waals surface area contributed by atoms with E-state index in [1.807, 2.05) is 56.1 Å². The number of hydrogen-bond donors (Lipinski definition) is 0. The zero-order valence-electron chi connectivity index (χ0n) is 16.6. The van der Waals surface area contributed by atoms with E-state index >= 15 is 0 Å². The molecule has 1 aliphatic heterocycles. The van der Waals surface area contributed by atoms with Crippen LogP contribution in [0.1, 0.15) is 34.8 Å². The molecule has 3 aromatic rings. The van der Waals surface area contributed by atoms with E-state index in [-0.39, 0.29) is 11.5 Å². The fourth-order valence-corrected chi connectivity index (χ4v) is 3.90. The van der Waals surface area contributed by atoms with Crippen molar-refractivity contribution in [3.05, 3.63) is 57.9 Å². The summed E-state index contributed by atoms with van der Waals surface area (Å²) in [6.45, 7) is 5.85. The molecule has 0 unspecified atom stereocenters. The van der Waals surface area contributed by atoms with Gasteiger partial charge in [-0.2, -0.15) is 5.10 Å². The highest BCUT2D eigenvalue weighted by Crippen LogP contribution is 2.21. The van der Waals surface area contributed by atoms with Crippen LogP contribution in [0.2, 0.25) is 0 Å². The maximum atomic E-state index is 12.9. The molecule has 146 valence electrons. The standard InChI is InChI=1S/C21H25N5O2/c1-14-12-19(23-24(14)3)21(28)25-10-8-16(9-11-25)13-26-15(2)22-18-7-5-4-6-17(18)20(26)27/h4-7,12,16H,8-11,13H2,1-3H3. The summed E-state index contributed by atoms with van der Waals surface area (Å²) < 4.78 is 3.51. The van der Waals surface area contributed by atoms with Gasteiger partial charge in [0.15, 0.2) is 5.69 Å². The predicted octanol–water partition coefficient (Wildman–Crippen LogP) is 2.30. The summed E-state index contributed by atoms with van der Waals surface area (Å²) in [5, 5.41) is 4.95. The first-order chi connectivity index (χ1) is 13.4. The molecule has 3 heterocycles. The van der Waals surface area contributed by atoms with E-state index in [4.69, 9.17) is 0 Å². The lowest BCUT2D eigenvalue weighted by Crippen LogP contribution is -2.40. The van der Waals surface area contributed by atoms with Gasteiger partial charge in [-0.3, -0.25) is 18.8 Å². The van der Waals surface area contributed by atoms with E-state index in [9.17, 15) is 9.59 Å². The molecule has 0 aliphatic carbocycles. The van der Waals surface area contributed by atoms with Gasteiger partial charge in [0.05, 0.1) is 10.9 Å². The summed E-state index contributed by atoms with van der Waals surface area (Å²) in [4.78, 5) is 32.0. The molecule has 28 heavy (non-hydrogen) atoms. The van der Waals surface area contributed by atoms with Gasteiger partial charge in [0.25, 0.3) is 11.5 Å². The molecule has 7 nitrogen and oxygen atoms in total. The minimum atomic E-state index is -0.0112. The number of aryl methyl sites for hydroxylation is 3. The van der Waals surface area contributed by atoms with Crippen LogP contribution >= 0.6 is 0 Å². The monoisotopic (exact) mass is 379 g/mol. The molecule has 1 aliphatic rings. The van der Waals surface area contributed by atoms with Crippen LogP contribution in [0.5, 0.6) is 0 Å². The first-order valence-electron chi connectivity index (χ1n) is 9.70. The highest BCUT2D eigenvalue weighted by Gasteiger charge is 2.26. The molecule has 0 radical (unpaired) electrons. The molecule has 2 aromatic heterocycles. The molecule has 1 fully saturated rings. The first kappa shape index (κ1) is 18.4. The lowest BCUT2D eigenvalue weighted by atomic mass is 9.96. The number of fused-ring (bicyclic) bond motifs is 1. The van der Waals surface area contributed by atoms with Crippen molar-refractivity contribution in [3.63, 3.8) is 0 Å². The second-order valence-corrected chi connectivity index (χ2v) is 7.62. The topological polar surface area (TPSA) is 73.0 Å². The molecule has 1 aromatic carbocycles. The van der Waals surface area contributed by atoms with Crippen molar-refractivity contribution in [2.75, 3.05) is 13.1 Å². The Morgan fingerprint density at radius 1 is 1.18 bits per heavy atom. The van der Waals surface area contributed by atoms with Gasteiger partial charge in [0.1, 0.15) is 5.82 Å². The lowest BCUT2D eigenvalue weighted by molar-refractivity contribution is 0.0675. The van der Waals surface area contributed by atoms with Crippen LogP contribution in [-0.2, 0) is 13.6 Å². The fraction of sp³-hybridized carbons (Fsp3) is 0.429. The van der Waals surface area contributed by atoms with E-state index in [1.54, 1.807) is 9.25 Å².